The standard InChI is InChI=1S/C21H30F3N3O/c1-15-12-16(21(22,23)24)13-19(25-15)26-9-6-20(7-10-26)8-11-27(14-20)17-2-4-18(28)5-3-17/h12-13,17-18,28H,2-11,14H2,1H3. The zero-order valence-corrected chi connectivity index (χ0v) is 16.5. The third-order valence-electron chi connectivity index (χ3n) is 7.07. The number of aliphatic hydroxyl groups is 1. The van der Waals surface area contributed by atoms with Crippen LogP contribution in [-0.4, -0.2) is 53.3 Å². The van der Waals surface area contributed by atoms with E-state index in [-0.39, 0.29) is 6.10 Å². The molecule has 2 saturated heterocycles. The predicted molar refractivity (Wildman–Crippen MR) is 102 cm³/mol. The van der Waals surface area contributed by atoms with Crippen molar-refractivity contribution in [2.75, 3.05) is 31.1 Å². The number of anilines is 1. The van der Waals surface area contributed by atoms with Gasteiger partial charge in [0.2, 0.25) is 0 Å². The van der Waals surface area contributed by atoms with Gasteiger partial charge in [0.05, 0.1) is 11.7 Å². The van der Waals surface area contributed by atoms with Gasteiger partial charge in [0, 0.05) is 31.4 Å². The predicted octanol–water partition coefficient (Wildman–Crippen LogP) is 4.00. The summed E-state index contributed by atoms with van der Waals surface area (Å²) in [4.78, 5) is 9.00. The molecular weight excluding hydrogens is 367 g/mol. The highest BCUT2D eigenvalue weighted by molar-refractivity contribution is 5.44. The fraction of sp³-hybridized carbons (Fsp3) is 0.762. The molecule has 1 saturated carbocycles. The molecule has 0 aromatic carbocycles. The summed E-state index contributed by atoms with van der Waals surface area (Å²) in [6.07, 6.45) is 2.71. The van der Waals surface area contributed by atoms with Gasteiger partial charge >= 0.3 is 6.18 Å². The van der Waals surface area contributed by atoms with Crippen LogP contribution in [-0.2, 0) is 6.18 Å². The fourth-order valence-corrected chi connectivity index (χ4v) is 5.30. The van der Waals surface area contributed by atoms with Gasteiger partial charge in [0.25, 0.3) is 0 Å². The van der Waals surface area contributed by atoms with Crippen molar-refractivity contribution in [2.24, 2.45) is 5.41 Å². The van der Waals surface area contributed by atoms with E-state index in [0.717, 1.165) is 70.8 Å². The number of alkyl halides is 3. The topological polar surface area (TPSA) is 39.6 Å². The average Bonchev–Trinajstić information content (AvgIpc) is 3.05. The van der Waals surface area contributed by atoms with E-state index < -0.39 is 11.7 Å². The molecule has 3 fully saturated rings. The zero-order chi connectivity index (χ0) is 19.9. The minimum Gasteiger partial charge on any atom is -0.393 e. The van der Waals surface area contributed by atoms with E-state index in [1.165, 1.54) is 12.5 Å². The lowest BCUT2D eigenvalue weighted by atomic mass is 9.77. The van der Waals surface area contributed by atoms with Gasteiger partial charge in [-0.05, 0) is 76.0 Å². The second kappa shape index (κ2) is 7.48. The molecule has 0 radical (unpaired) electrons. The van der Waals surface area contributed by atoms with Gasteiger partial charge in [-0.25, -0.2) is 4.98 Å². The number of hydrogen-bond acceptors (Lipinski definition) is 4. The summed E-state index contributed by atoms with van der Waals surface area (Å²) in [7, 11) is 0. The molecule has 4 nitrogen and oxygen atoms in total. The van der Waals surface area contributed by atoms with Crippen LogP contribution in [0, 0.1) is 12.3 Å². The summed E-state index contributed by atoms with van der Waals surface area (Å²) in [5.41, 5.74) is 0.0990. The molecule has 1 aromatic heterocycles. The smallest absolute Gasteiger partial charge is 0.393 e. The minimum absolute atomic E-state index is 0.125. The Morgan fingerprint density at radius 1 is 1.04 bits per heavy atom. The van der Waals surface area contributed by atoms with Crippen molar-refractivity contribution in [1.29, 1.82) is 0 Å². The average molecular weight is 397 g/mol. The quantitative estimate of drug-likeness (QED) is 0.819. The molecule has 0 unspecified atom stereocenters. The van der Waals surface area contributed by atoms with E-state index in [4.69, 9.17) is 0 Å². The molecule has 1 N–H and O–H groups in total. The molecule has 0 atom stereocenters. The highest BCUT2D eigenvalue weighted by Crippen LogP contribution is 2.43. The summed E-state index contributed by atoms with van der Waals surface area (Å²) in [5.74, 6) is 0.457. The van der Waals surface area contributed by atoms with Gasteiger partial charge in [-0.15, -0.1) is 0 Å². The van der Waals surface area contributed by atoms with Crippen LogP contribution in [0.1, 0.15) is 56.2 Å². The molecule has 1 aliphatic carbocycles. The van der Waals surface area contributed by atoms with Crippen molar-refractivity contribution in [3.63, 3.8) is 0 Å². The maximum absolute atomic E-state index is 13.1. The first-order valence-electron chi connectivity index (χ1n) is 10.5. The highest BCUT2D eigenvalue weighted by Gasteiger charge is 2.43. The second-order valence-electron chi connectivity index (χ2n) is 9.02. The lowest BCUT2D eigenvalue weighted by molar-refractivity contribution is -0.137. The van der Waals surface area contributed by atoms with Crippen LogP contribution in [0.3, 0.4) is 0 Å². The molecule has 1 spiro atoms. The Hall–Kier alpha value is -1.34. The highest BCUT2D eigenvalue weighted by atomic mass is 19.4. The molecule has 1 aromatic rings. The van der Waals surface area contributed by atoms with Crippen LogP contribution in [0.2, 0.25) is 0 Å². The second-order valence-corrected chi connectivity index (χ2v) is 9.02. The SMILES string of the molecule is Cc1cc(C(F)(F)F)cc(N2CCC3(CC2)CCN(C2CCC(O)CC2)C3)n1. The zero-order valence-electron chi connectivity index (χ0n) is 16.5. The summed E-state index contributed by atoms with van der Waals surface area (Å²) in [6.45, 7) is 5.37. The van der Waals surface area contributed by atoms with Crippen LogP contribution < -0.4 is 4.90 Å². The Labute approximate surface area is 164 Å². The molecule has 3 heterocycles. The number of aromatic nitrogens is 1. The van der Waals surface area contributed by atoms with E-state index >= 15 is 0 Å². The Morgan fingerprint density at radius 3 is 2.32 bits per heavy atom. The molecule has 156 valence electrons. The van der Waals surface area contributed by atoms with Gasteiger partial charge in [0.1, 0.15) is 5.82 Å². The van der Waals surface area contributed by atoms with Gasteiger partial charge in [-0.1, -0.05) is 0 Å². The first-order valence-corrected chi connectivity index (χ1v) is 10.5. The summed E-state index contributed by atoms with van der Waals surface area (Å²) >= 11 is 0. The lowest BCUT2D eigenvalue weighted by Crippen LogP contribution is -2.44. The summed E-state index contributed by atoms with van der Waals surface area (Å²) < 4.78 is 39.4. The monoisotopic (exact) mass is 397 g/mol. The number of aryl methyl sites for hydroxylation is 1. The number of pyridine rings is 1. The van der Waals surface area contributed by atoms with Crippen molar-refractivity contribution >= 4 is 5.82 Å². The van der Waals surface area contributed by atoms with E-state index in [1.807, 2.05) is 4.90 Å². The Balaban J connectivity index is 1.38. The molecule has 3 aliphatic rings. The van der Waals surface area contributed by atoms with Crippen LogP contribution >= 0.6 is 0 Å². The molecule has 4 rings (SSSR count). The van der Waals surface area contributed by atoms with Gasteiger partial charge in [-0.2, -0.15) is 13.2 Å². The van der Waals surface area contributed by atoms with Gasteiger partial charge in [0.15, 0.2) is 0 Å². The van der Waals surface area contributed by atoms with Crippen LogP contribution in [0.15, 0.2) is 12.1 Å². The lowest BCUT2D eigenvalue weighted by Gasteiger charge is -2.41. The molecule has 2 aliphatic heterocycles. The van der Waals surface area contributed by atoms with Crippen LogP contribution in [0.5, 0.6) is 0 Å². The number of piperidine rings is 1. The molecule has 0 amide bonds. The van der Waals surface area contributed by atoms with Crippen LogP contribution in [0.25, 0.3) is 0 Å². The number of nitrogens with zero attached hydrogens (tertiary/aromatic N) is 3. The first kappa shape index (κ1) is 20.0. The largest absolute Gasteiger partial charge is 0.416 e. The van der Waals surface area contributed by atoms with Crippen molar-refractivity contribution in [2.45, 2.75) is 70.2 Å². The molecule has 0 bridgehead atoms. The summed E-state index contributed by atoms with van der Waals surface area (Å²) in [5, 5.41) is 9.74. The fourth-order valence-electron chi connectivity index (χ4n) is 5.30. The Morgan fingerprint density at radius 2 is 1.68 bits per heavy atom. The number of rotatable bonds is 2. The third-order valence-corrected chi connectivity index (χ3v) is 7.07. The molecule has 28 heavy (non-hydrogen) atoms. The third kappa shape index (κ3) is 4.15. The van der Waals surface area contributed by atoms with Gasteiger partial charge in [-0.3, -0.25) is 4.90 Å². The summed E-state index contributed by atoms with van der Waals surface area (Å²) in [6, 6.07) is 2.90. The van der Waals surface area contributed by atoms with Crippen molar-refractivity contribution in [3.05, 3.63) is 23.4 Å². The maximum atomic E-state index is 13.1. The normalized spacial score (nSPS) is 28.8. The first-order chi connectivity index (χ1) is 13.2. The van der Waals surface area contributed by atoms with Crippen molar-refractivity contribution < 1.29 is 18.3 Å². The van der Waals surface area contributed by atoms with E-state index in [0.29, 0.717) is 23.0 Å². The maximum Gasteiger partial charge on any atom is 0.416 e. The Kier molecular flexibility index (Phi) is 5.33. The Bertz CT molecular complexity index is 693. The number of hydrogen-bond donors (Lipinski definition) is 1. The van der Waals surface area contributed by atoms with E-state index in [2.05, 4.69) is 9.88 Å². The van der Waals surface area contributed by atoms with Crippen LogP contribution in [0.4, 0.5) is 19.0 Å². The van der Waals surface area contributed by atoms with Gasteiger partial charge < -0.3 is 10.0 Å². The van der Waals surface area contributed by atoms with Crippen molar-refractivity contribution in [1.82, 2.24) is 9.88 Å². The number of aliphatic hydroxyl groups excluding tert-OH is 1. The number of likely N-dealkylation sites (tertiary alicyclic amines) is 1. The molecule has 7 heteroatoms. The van der Waals surface area contributed by atoms with E-state index in [9.17, 15) is 18.3 Å². The number of halogens is 3. The minimum atomic E-state index is -4.33. The molecular formula is C21H30F3N3O. The van der Waals surface area contributed by atoms with Crippen molar-refractivity contribution in [3.8, 4) is 0 Å². The van der Waals surface area contributed by atoms with E-state index in [1.54, 1.807) is 6.92 Å².